The number of benzene rings is 3. The minimum absolute atomic E-state index is 0.301. The van der Waals surface area contributed by atoms with Crippen LogP contribution >= 0.6 is 23.2 Å². The molecule has 0 fully saturated rings. The molecule has 0 amide bonds. The van der Waals surface area contributed by atoms with Gasteiger partial charge < -0.3 is 0 Å². The van der Waals surface area contributed by atoms with Gasteiger partial charge in [-0.15, -0.1) is 0 Å². The second-order valence-corrected chi connectivity index (χ2v) is 10.1. The van der Waals surface area contributed by atoms with Crippen molar-refractivity contribution in [1.82, 2.24) is 0 Å². The molecule has 0 bridgehead atoms. The van der Waals surface area contributed by atoms with Crippen LogP contribution in [0.15, 0.2) is 72.8 Å². The van der Waals surface area contributed by atoms with Gasteiger partial charge in [-0.05, 0) is 0 Å². The molecule has 0 N–H and O–H groups in total. The third kappa shape index (κ3) is 4.40. The van der Waals surface area contributed by atoms with Crippen LogP contribution in [0.5, 0.6) is 0 Å². The molecule has 0 aliphatic carbocycles. The SMILES string of the molecule is Clc1ccc([Se]c2ccccc2[Se]c2ccc(Cl)cc2)cc1. The first-order valence-electron chi connectivity index (χ1n) is 6.66. The topological polar surface area (TPSA) is 0 Å². The molecular weight excluding hydrogens is 445 g/mol. The van der Waals surface area contributed by atoms with Crippen molar-refractivity contribution >= 4 is 71.0 Å². The summed E-state index contributed by atoms with van der Waals surface area (Å²) in [5.41, 5.74) is 0. The summed E-state index contributed by atoms with van der Waals surface area (Å²) in [6.45, 7) is 0. The summed E-state index contributed by atoms with van der Waals surface area (Å²) in [5.74, 6) is 0. The number of halogens is 2. The summed E-state index contributed by atoms with van der Waals surface area (Å²) in [4.78, 5) is 0. The quantitative estimate of drug-likeness (QED) is 0.528. The number of hydrogen-bond acceptors (Lipinski definition) is 0. The van der Waals surface area contributed by atoms with Crippen LogP contribution in [-0.2, 0) is 0 Å². The van der Waals surface area contributed by atoms with E-state index in [4.69, 9.17) is 23.2 Å². The predicted octanol–water partition coefficient (Wildman–Crippen LogP) is 2.30. The molecule has 3 aromatic carbocycles. The van der Waals surface area contributed by atoms with E-state index in [1.54, 1.807) is 0 Å². The molecule has 110 valence electrons. The number of hydrogen-bond donors (Lipinski definition) is 0. The molecule has 0 nitrogen and oxygen atoms in total. The van der Waals surface area contributed by atoms with E-state index in [1.807, 2.05) is 24.3 Å². The normalized spacial score (nSPS) is 10.6. The van der Waals surface area contributed by atoms with Gasteiger partial charge in [0.05, 0.1) is 0 Å². The standard InChI is InChI=1S/C18H12Cl2Se2/c19-13-5-9-15(10-6-13)21-17-3-1-2-4-18(17)22-16-11-7-14(20)8-12-16/h1-12H. The van der Waals surface area contributed by atoms with Gasteiger partial charge >= 0.3 is 154 Å². The van der Waals surface area contributed by atoms with E-state index in [0.29, 0.717) is 29.9 Å². The van der Waals surface area contributed by atoms with E-state index in [-0.39, 0.29) is 0 Å². The molecule has 0 heterocycles. The zero-order valence-corrected chi connectivity index (χ0v) is 16.4. The average molecular weight is 457 g/mol. The molecule has 0 radical (unpaired) electrons. The Labute approximate surface area is 153 Å². The van der Waals surface area contributed by atoms with Crippen LogP contribution in [0, 0.1) is 0 Å². The van der Waals surface area contributed by atoms with Crippen molar-refractivity contribution in [1.29, 1.82) is 0 Å². The molecule has 0 spiro atoms. The van der Waals surface area contributed by atoms with E-state index in [0.717, 1.165) is 10.0 Å². The second-order valence-electron chi connectivity index (χ2n) is 4.56. The maximum atomic E-state index is 5.97. The van der Waals surface area contributed by atoms with Gasteiger partial charge in [0.1, 0.15) is 0 Å². The van der Waals surface area contributed by atoms with Crippen molar-refractivity contribution in [2.45, 2.75) is 0 Å². The van der Waals surface area contributed by atoms with E-state index >= 15 is 0 Å². The third-order valence-corrected chi connectivity index (χ3v) is 8.64. The monoisotopic (exact) mass is 458 g/mol. The Kier molecular flexibility index (Phi) is 5.65. The van der Waals surface area contributed by atoms with Gasteiger partial charge in [-0.1, -0.05) is 0 Å². The van der Waals surface area contributed by atoms with Crippen molar-refractivity contribution in [2.24, 2.45) is 0 Å². The van der Waals surface area contributed by atoms with Gasteiger partial charge in [0.2, 0.25) is 0 Å². The molecule has 3 aromatic rings. The zero-order chi connectivity index (χ0) is 15.4. The molecule has 22 heavy (non-hydrogen) atoms. The van der Waals surface area contributed by atoms with E-state index in [2.05, 4.69) is 48.5 Å². The first-order chi connectivity index (χ1) is 10.7. The molecule has 0 aliphatic heterocycles. The molecule has 3 rings (SSSR count). The Bertz CT molecular complexity index is 686. The maximum absolute atomic E-state index is 5.97. The summed E-state index contributed by atoms with van der Waals surface area (Å²) < 4.78 is 5.56. The van der Waals surface area contributed by atoms with Gasteiger partial charge in [-0.25, -0.2) is 0 Å². The molecule has 0 saturated carbocycles. The Morgan fingerprint density at radius 1 is 0.500 bits per heavy atom. The van der Waals surface area contributed by atoms with Crippen molar-refractivity contribution < 1.29 is 0 Å². The van der Waals surface area contributed by atoms with Gasteiger partial charge in [-0.3, -0.25) is 0 Å². The third-order valence-electron chi connectivity index (χ3n) is 2.93. The Morgan fingerprint density at radius 2 is 0.864 bits per heavy atom. The van der Waals surface area contributed by atoms with Gasteiger partial charge in [0.25, 0.3) is 0 Å². The predicted molar refractivity (Wildman–Crippen MR) is 99.4 cm³/mol. The Morgan fingerprint density at radius 3 is 1.23 bits per heavy atom. The Hall–Kier alpha value is -0.721. The molecule has 0 unspecified atom stereocenters. The summed E-state index contributed by atoms with van der Waals surface area (Å²) in [5, 5.41) is 1.58. The van der Waals surface area contributed by atoms with Crippen LogP contribution in [0.1, 0.15) is 0 Å². The van der Waals surface area contributed by atoms with Crippen molar-refractivity contribution in [3.8, 4) is 0 Å². The second kappa shape index (κ2) is 7.70. The van der Waals surface area contributed by atoms with Crippen LogP contribution in [0.3, 0.4) is 0 Å². The molecule has 0 atom stereocenters. The summed E-state index contributed by atoms with van der Waals surface area (Å²) in [6, 6.07) is 25.0. The zero-order valence-electron chi connectivity index (χ0n) is 11.5. The molecule has 4 heteroatoms. The molecule has 0 aromatic heterocycles. The summed E-state index contributed by atoms with van der Waals surface area (Å²) in [7, 11) is 0. The molecule has 0 aliphatic rings. The van der Waals surface area contributed by atoms with Gasteiger partial charge in [-0.2, -0.15) is 0 Å². The van der Waals surface area contributed by atoms with E-state index < -0.39 is 0 Å². The fraction of sp³-hybridized carbons (Fsp3) is 0. The van der Waals surface area contributed by atoms with E-state index in [9.17, 15) is 0 Å². The number of rotatable bonds is 4. The van der Waals surface area contributed by atoms with Crippen LogP contribution in [0.2, 0.25) is 10.0 Å². The first-order valence-corrected chi connectivity index (χ1v) is 10.8. The van der Waals surface area contributed by atoms with Gasteiger partial charge in [0.15, 0.2) is 0 Å². The van der Waals surface area contributed by atoms with Crippen LogP contribution in [0.25, 0.3) is 0 Å². The fourth-order valence-electron chi connectivity index (χ4n) is 1.88. The van der Waals surface area contributed by atoms with Crippen molar-refractivity contribution in [2.75, 3.05) is 0 Å². The fourth-order valence-corrected chi connectivity index (χ4v) is 6.57. The van der Waals surface area contributed by atoms with Crippen LogP contribution in [0.4, 0.5) is 0 Å². The average Bonchev–Trinajstić information content (AvgIpc) is 2.54. The molecular formula is C18H12Cl2Se2. The van der Waals surface area contributed by atoms with E-state index in [1.165, 1.54) is 17.8 Å². The van der Waals surface area contributed by atoms with Crippen molar-refractivity contribution in [3.05, 3.63) is 82.8 Å². The van der Waals surface area contributed by atoms with Crippen LogP contribution < -0.4 is 17.8 Å². The summed E-state index contributed by atoms with van der Waals surface area (Å²) in [6.07, 6.45) is 0. The van der Waals surface area contributed by atoms with Crippen molar-refractivity contribution in [3.63, 3.8) is 0 Å². The van der Waals surface area contributed by atoms with Crippen LogP contribution in [-0.4, -0.2) is 29.9 Å². The Balaban J connectivity index is 1.83. The molecule has 0 saturated heterocycles. The summed E-state index contributed by atoms with van der Waals surface area (Å²) >= 11 is 12.5. The van der Waals surface area contributed by atoms with Gasteiger partial charge in [0, 0.05) is 0 Å². The minimum atomic E-state index is 0.301. The first kappa shape index (κ1) is 16.1.